The highest BCUT2D eigenvalue weighted by Gasteiger charge is 2.20. The summed E-state index contributed by atoms with van der Waals surface area (Å²) in [4.78, 5) is 17.9. The highest BCUT2D eigenvalue weighted by molar-refractivity contribution is 7.89. The Bertz CT molecular complexity index is 2010. The maximum absolute atomic E-state index is 13.4. The van der Waals surface area contributed by atoms with Crippen molar-refractivity contribution in [1.29, 1.82) is 0 Å². The zero-order valence-corrected chi connectivity index (χ0v) is 31.1. The predicted molar refractivity (Wildman–Crippen MR) is 201 cm³/mol. The molecule has 0 saturated heterocycles. The lowest BCUT2D eigenvalue weighted by Crippen LogP contribution is -2.34. The lowest BCUT2D eigenvalue weighted by atomic mass is 10.0. The fourth-order valence-electron chi connectivity index (χ4n) is 5.40. The molecule has 0 radical (unpaired) electrons. The van der Waals surface area contributed by atoms with Crippen LogP contribution in [0.3, 0.4) is 0 Å². The largest absolute Gasteiger partial charge is 0.505 e. The number of likely N-dealkylation sites (N-methyl/N-ethyl adjacent to an activating group) is 1. The highest BCUT2D eigenvalue weighted by Crippen LogP contribution is 2.39. The fraction of sp³-hybridized carbons (Fsp3) is 0.361. The number of amides is 1. The van der Waals surface area contributed by atoms with E-state index in [0.29, 0.717) is 41.7 Å². The molecule has 0 unspecified atom stereocenters. The van der Waals surface area contributed by atoms with Gasteiger partial charge in [0.25, 0.3) is 5.91 Å². The van der Waals surface area contributed by atoms with E-state index < -0.39 is 31.7 Å². The van der Waals surface area contributed by atoms with Crippen molar-refractivity contribution in [2.24, 2.45) is 10.2 Å². The van der Waals surface area contributed by atoms with Crippen LogP contribution in [-0.4, -0.2) is 90.0 Å². The lowest BCUT2D eigenvalue weighted by molar-refractivity contribution is 0.102. The lowest BCUT2D eigenvalue weighted by Gasteiger charge is -2.18. The second-order valence-corrected chi connectivity index (χ2v) is 15.3. The SMILES string of the molecule is CCN(CC)CCCNS(=O)(=O)c1ccc(NC(=O)c2cc3ccccc3c(N=Nc3ccc(S(=O)(=O)NCCN(CC)CC)cc3)c2O)cc1. The number of carbonyl (C=O) groups is 1. The number of sulfonamides is 2. The summed E-state index contributed by atoms with van der Waals surface area (Å²) in [6.45, 7) is 13.6. The van der Waals surface area contributed by atoms with Crippen LogP contribution in [0.5, 0.6) is 5.75 Å². The zero-order valence-electron chi connectivity index (χ0n) is 29.5. The number of carbonyl (C=O) groups excluding carboxylic acids is 1. The maximum atomic E-state index is 13.4. The van der Waals surface area contributed by atoms with Gasteiger partial charge in [0.1, 0.15) is 5.69 Å². The fourth-order valence-corrected chi connectivity index (χ4v) is 7.50. The van der Waals surface area contributed by atoms with Gasteiger partial charge in [-0.15, -0.1) is 5.11 Å². The predicted octanol–water partition coefficient (Wildman–Crippen LogP) is 5.84. The summed E-state index contributed by atoms with van der Waals surface area (Å²) in [6.07, 6.45) is 0.678. The van der Waals surface area contributed by atoms with Gasteiger partial charge in [-0.3, -0.25) is 4.79 Å². The number of aromatic hydroxyl groups is 1. The minimum atomic E-state index is -3.73. The van der Waals surface area contributed by atoms with Crippen LogP contribution in [0, 0.1) is 0 Å². The van der Waals surface area contributed by atoms with Crippen LogP contribution in [0.4, 0.5) is 17.1 Å². The molecule has 51 heavy (non-hydrogen) atoms. The molecule has 4 rings (SSSR count). The van der Waals surface area contributed by atoms with Crippen molar-refractivity contribution in [1.82, 2.24) is 19.2 Å². The maximum Gasteiger partial charge on any atom is 0.259 e. The molecule has 13 nitrogen and oxygen atoms in total. The number of hydrogen-bond acceptors (Lipinski definition) is 10. The minimum absolute atomic E-state index is 0.0570. The third-order valence-electron chi connectivity index (χ3n) is 8.53. The van der Waals surface area contributed by atoms with Gasteiger partial charge < -0.3 is 20.2 Å². The molecule has 0 fully saturated rings. The van der Waals surface area contributed by atoms with E-state index in [9.17, 15) is 26.7 Å². The van der Waals surface area contributed by atoms with Crippen molar-refractivity contribution in [3.63, 3.8) is 0 Å². The molecule has 0 spiro atoms. The first-order valence-electron chi connectivity index (χ1n) is 17.0. The summed E-state index contributed by atoms with van der Waals surface area (Å²) in [7, 11) is -7.45. The summed E-state index contributed by atoms with van der Waals surface area (Å²) in [5, 5.41) is 23.6. The van der Waals surface area contributed by atoms with Gasteiger partial charge in [0.05, 0.1) is 21.0 Å². The topological polar surface area (TPSA) is 173 Å². The molecule has 274 valence electrons. The van der Waals surface area contributed by atoms with E-state index in [2.05, 4.69) is 48.6 Å². The Balaban J connectivity index is 1.47. The van der Waals surface area contributed by atoms with Crippen molar-refractivity contribution in [2.45, 2.75) is 43.9 Å². The average molecular weight is 738 g/mol. The number of anilines is 1. The molecule has 0 bridgehead atoms. The summed E-state index contributed by atoms with van der Waals surface area (Å²) in [6, 6.07) is 20.2. The number of phenolic OH excluding ortho intramolecular Hbond substituents is 1. The molecule has 0 atom stereocenters. The van der Waals surface area contributed by atoms with Crippen LogP contribution in [0.1, 0.15) is 44.5 Å². The first-order chi connectivity index (χ1) is 24.4. The molecule has 1 amide bonds. The molecule has 0 heterocycles. The van der Waals surface area contributed by atoms with Gasteiger partial charge >= 0.3 is 0 Å². The van der Waals surface area contributed by atoms with Crippen LogP contribution < -0.4 is 14.8 Å². The number of azo groups is 1. The van der Waals surface area contributed by atoms with E-state index in [0.717, 1.165) is 32.7 Å². The molecule has 0 aliphatic carbocycles. The number of rotatable bonds is 19. The van der Waals surface area contributed by atoms with E-state index in [-0.39, 0.29) is 27.6 Å². The number of hydrogen-bond donors (Lipinski definition) is 4. The first-order valence-corrected chi connectivity index (χ1v) is 20.0. The molecular weight excluding hydrogens is 691 g/mol. The van der Waals surface area contributed by atoms with Gasteiger partial charge in [0.2, 0.25) is 20.0 Å². The van der Waals surface area contributed by atoms with E-state index in [1.54, 1.807) is 24.3 Å². The van der Waals surface area contributed by atoms with E-state index in [1.165, 1.54) is 54.6 Å². The molecule has 0 aliphatic rings. The van der Waals surface area contributed by atoms with Gasteiger partial charge in [-0.25, -0.2) is 26.3 Å². The summed E-state index contributed by atoms with van der Waals surface area (Å²) >= 11 is 0. The van der Waals surface area contributed by atoms with Crippen molar-refractivity contribution >= 4 is 53.8 Å². The average Bonchev–Trinajstić information content (AvgIpc) is 3.13. The standard InChI is InChI=1S/C36H47N7O6S2/c1-5-42(6-2)24-11-22-37-50(46,47)30-18-14-28(15-19-30)39-36(45)33-26-27-12-9-10-13-32(27)34(35(33)44)41-40-29-16-20-31(21-17-29)51(48,49)38-23-25-43(7-3)8-4/h9-10,12-21,26,37-38,44H,5-8,11,22-25H2,1-4H3,(H,39,45). The van der Waals surface area contributed by atoms with Crippen LogP contribution in [0.2, 0.25) is 0 Å². The first kappa shape index (κ1) is 39.5. The van der Waals surface area contributed by atoms with Crippen LogP contribution in [0.25, 0.3) is 10.8 Å². The molecular formula is C36H47N7O6S2. The van der Waals surface area contributed by atoms with E-state index in [4.69, 9.17) is 0 Å². The molecule has 15 heteroatoms. The Labute approximate surface area is 300 Å². The summed E-state index contributed by atoms with van der Waals surface area (Å²) in [5.41, 5.74) is 0.658. The monoisotopic (exact) mass is 737 g/mol. The Morgan fingerprint density at radius 1 is 0.706 bits per heavy atom. The van der Waals surface area contributed by atoms with Crippen LogP contribution in [-0.2, 0) is 20.0 Å². The molecule has 4 aromatic rings. The van der Waals surface area contributed by atoms with Crippen LogP contribution >= 0.6 is 0 Å². The quantitative estimate of drug-likeness (QED) is 0.0686. The van der Waals surface area contributed by atoms with Gasteiger partial charge in [-0.2, -0.15) is 5.11 Å². The second-order valence-electron chi connectivity index (χ2n) is 11.7. The molecule has 0 saturated carbocycles. The van der Waals surface area contributed by atoms with Gasteiger partial charge in [0, 0.05) is 30.7 Å². The minimum Gasteiger partial charge on any atom is -0.505 e. The Morgan fingerprint density at radius 3 is 1.86 bits per heavy atom. The number of phenols is 1. The molecule has 4 N–H and O–H groups in total. The van der Waals surface area contributed by atoms with Gasteiger partial charge in [0.15, 0.2) is 5.75 Å². The third-order valence-corrected chi connectivity index (χ3v) is 11.5. The van der Waals surface area contributed by atoms with E-state index in [1.807, 2.05) is 13.8 Å². The number of fused-ring (bicyclic) bond motifs is 1. The molecule has 4 aromatic carbocycles. The number of nitrogens with one attached hydrogen (secondary N) is 3. The van der Waals surface area contributed by atoms with Crippen molar-refractivity contribution < 1.29 is 26.7 Å². The summed E-state index contributed by atoms with van der Waals surface area (Å²) < 4.78 is 56.3. The summed E-state index contributed by atoms with van der Waals surface area (Å²) in [5.74, 6) is -1.04. The highest BCUT2D eigenvalue weighted by atomic mass is 32.2. The molecule has 0 aromatic heterocycles. The second kappa shape index (κ2) is 18.3. The smallest absolute Gasteiger partial charge is 0.259 e. The van der Waals surface area contributed by atoms with Crippen LogP contribution in [0.15, 0.2) is 98.9 Å². The Kier molecular flexibility index (Phi) is 14.2. The zero-order chi connectivity index (χ0) is 37.0. The van der Waals surface area contributed by atoms with Crippen molar-refractivity contribution in [3.05, 3.63) is 84.4 Å². The van der Waals surface area contributed by atoms with Gasteiger partial charge in [-0.05, 0) is 99.1 Å². The number of benzene rings is 4. The van der Waals surface area contributed by atoms with Gasteiger partial charge in [-0.1, -0.05) is 52.0 Å². The normalized spacial score (nSPS) is 12.4. The van der Waals surface area contributed by atoms with Crippen molar-refractivity contribution in [3.8, 4) is 5.75 Å². The molecule has 0 aliphatic heterocycles. The third kappa shape index (κ3) is 10.6. The number of nitrogens with zero attached hydrogens (tertiary/aromatic N) is 4. The van der Waals surface area contributed by atoms with E-state index >= 15 is 0 Å². The van der Waals surface area contributed by atoms with Crippen molar-refractivity contribution in [2.75, 3.05) is 57.7 Å². The Hall–Kier alpha value is -4.25. The Morgan fingerprint density at radius 2 is 1.25 bits per heavy atom.